The topological polar surface area (TPSA) is 66.4 Å². The summed E-state index contributed by atoms with van der Waals surface area (Å²) in [5.41, 5.74) is 0. The van der Waals surface area contributed by atoms with E-state index in [9.17, 15) is 9.59 Å². The van der Waals surface area contributed by atoms with Gasteiger partial charge in [0.25, 0.3) is 0 Å². The number of rotatable bonds is 6. The van der Waals surface area contributed by atoms with Crippen molar-refractivity contribution in [3.63, 3.8) is 0 Å². The third-order valence-corrected chi connectivity index (χ3v) is 2.28. The van der Waals surface area contributed by atoms with Gasteiger partial charge in [0.05, 0.1) is 0 Å². The summed E-state index contributed by atoms with van der Waals surface area (Å²) in [7, 11) is 0. The maximum Gasteiger partial charge on any atom is 0.326 e. The Morgan fingerprint density at radius 2 is 2.07 bits per heavy atom. The number of nitrogens with one attached hydrogen (secondary N) is 1. The molecule has 0 spiro atoms. The summed E-state index contributed by atoms with van der Waals surface area (Å²) < 4.78 is 0. The Bertz CT molecular complexity index is 248. The van der Waals surface area contributed by atoms with E-state index in [1.165, 1.54) is 0 Å². The second-order valence-corrected chi connectivity index (χ2v) is 3.51. The van der Waals surface area contributed by atoms with Gasteiger partial charge in [-0.05, 0) is 19.8 Å². The third-order valence-electron chi connectivity index (χ3n) is 2.28. The number of hydrogen-bond donors (Lipinski definition) is 2. The van der Waals surface area contributed by atoms with Crippen molar-refractivity contribution in [2.45, 2.75) is 39.7 Å². The fraction of sp³-hybridized carbons (Fsp3) is 0.636. The summed E-state index contributed by atoms with van der Waals surface area (Å²) in [6.45, 7) is 5.49. The van der Waals surface area contributed by atoms with E-state index in [2.05, 4.69) is 5.32 Å². The van der Waals surface area contributed by atoms with Crippen LogP contribution >= 0.6 is 0 Å². The molecule has 0 radical (unpaired) electrons. The van der Waals surface area contributed by atoms with Gasteiger partial charge in [0.2, 0.25) is 5.91 Å². The van der Waals surface area contributed by atoms with E-state index in [1.54, 1.807) is 19.1 Å². The molecule has 0 aliphatic rings. The molecule has 0 saturated heterocycles. The molecule has 4 heteroatoms. The largest absolute Gasteiger partial charge is 0.480 e. The van der Waals surface area contributed by atoms with E-state index >= 15 is 0 Å². The van der Waals surface area contributed by atoms with Gasteiger partial charge < -0.3 is 10.4 Å². The maximum absolute atomic E-state index is 11.5. The molecule has 0 bridgehead atoms. The van der Waals surface area contributed by atoms with E-state index in [0.29, 0.717) is 12.8 Å². The average molecular weight is 213 g/mol. The fourth-order valence-corrected chi connectivity index (χ4v) is 0.993. The normalized spacial score (nSPS) is 14.9. The van der Waals surface area contributed by atoms with Gasteiger partial charge in [-0.25, -0.2) is 4.79 Å². The number of amides is 1. The maximum atomic E-state index is 11.5. The molecular formula is C11H19NO3. The Hall–Kier alpha value is -1.32. The van der Waals surface area contributed by atoms with Crippen molar-refractivity contribution in [1.29, 1.82) is 0 Å². The van der Waals surface area contributed by atoms with E-state index in [-0.39, 0.29) is 11.8 Å². The van der Waals surface area contributed by atoms with Gasteiger partial charge in [-0.1, -0.05) is 26.0 Å². The molecule has 0 aromatic rings. The minimum Gasteiger partial charge on any atom is -0.480 e. The molecule has 0 aromatic heterocycles. The van der Waals surface area contributed by atoms with Crippen molar-refractivity contribution in [2.75, 3.05) is 0 Å². The number of aliphatic carboxylic acids is 1. The first-order valence-corrected chi connectivity index (χ1v) is 5.17. The molecule has 0 saturated carbocycles. The summed E-state index contributed by atoms with van der Waals surface area (Å²) in [5.74, 6) is -1.34. The first kappa shape index (κ1) is 13.7. The summed E-state index contributed by atoms with van der Waals surface area (Å²) in [6, 6.07) is -0.817. The quantitative estimate of drug-likeness (QED) is 0.658. The lowest BCUT2D eigenvalue weighted by Gasteiger charge is -2.15. The van der Waals surface area contributed by atoms with Crippen LogP contribution in [0.1, 0.15) is 33.6 Å². The Balaban J connectivity index is 4.28. The molecule has 0 heterocycles. The Kier molecular flexibility index (Phi) is 6.42. The smallest absolute Gasteiger partial charge is 0.326 e. The number of carboxylic acids is 1. The molecule has 0 aliphatic carbocycles. The second-order valence-electron chi connectivity index (χ2n) is 3.51. The zero-order valence-electron chi connectivity index (χ0n) is 9.49. The van der Waals surface area contributed by atoms with Crippen LogP contribution in [0.4, 0.5) is 0 Å². The summed E-state index contributed by atoms with van der Waals surface area (Å²) in [6.07, 6.45) is 4.54. The number of carbonyl (C=O) groups is 2. The van der Waals surface area contributed by atoms with Crippen molar-refractivity contribution in [3.05, 3.63) is 12.2 Å². The van der Waals surface area contributed by atoms with Crippen molar-refractivity contribution in [3.8, 4) is 0 Å². The van der Waals surface area contributed by atoms with Crippen LogP contribution in [0.3, 0.4) is 0 Å². The molecule has 2 atom stereocenters. The Morgan fingerprint density at radius 1 is 1.47 bits per heavy atom. The second kappa shape index (κ2) is 7.04. The molecule has 4 nitrogen and oxygen atoms in total. The van der Waals surface area contributed by atoms with Crippen LogP contribution in [0.25, 0.3) is 0 Å². The molecule has 0 aliphatic heterocycles. The van der Waals surface area contributed by atoms with Crippen LogP contribution in [0.2, 0.25) is 0 Å². The fourth-order valence-electron chi connectivity index (χ4n) is 0.993. The van der Waals surface area contributed by atoms with Crippen LogP contribution in [-0.4, -0.2) is 23.0 Å². The van der Waals surface area contributed by atoms with E-state index in [0.717, 1.165) is 0 Å². The van der Waals surface area contributed by atoms with Crippen molar-refractivity contribution < 1.29 is 14.7 Å². The summed E-state index contributed by atoms with van der Waals surface area (Å²) in [4.78, 5) is 22.3. The van der Waals surface area contributed by atoms with Gasteiger partial charge >= 0.3 is 5.97 Å². The van der Waals surface area contributed by atoms with E-state index in [4.69, 9.17) is 5.11 Å². The standard InChI is InChI=1S/C11H19NO3/c1-4-6-7-9(11(14)15)12-10(13)8(3)5-2/h4,6,8-9H,5,7H2,1-3H3,(H,12,13)(H,14,15)/b6-4+. The highest BCUT2D eigenvalue weighted by Gasteiger charge is 2.20. The first-order chi connectivity index (χ1) is 7.02. The van der Waals surface area contributed by atoms with Crippen LogP contribution in [0.15, 0.2) is 12.2 Å². The highest BCUT2D eigenvalue weighted by Crippen LogP contribution is 2.02. The lowest BCUT2D eigenvalue weighted by molar-refractivity contribution is -0.142. The van der Waals surface area contributed by atoms with Gasteiger partial charge in [0.15, 0.2) is 0 Å². The molecule has 2 unspecified atom stereocenters. The van der Waals surface area contributed by atoms with Gasteiger partial charge in [-0.15, -0.1) is 0 Å². The molecular weight excluding hydrogens is 194 g/mol. The van der Waals surface area contributed by atoms with Crippen molar-refractivity contribution in [1.82, 2.24) is 5.32 Å². The van der Waals surface area contributed by atoms with Crippen LogP contribution in [-0.2, 0) is 9.59 Å². The van der Waals surface area contributed by atoms with Gasteiger partial charge in [0, 0.05) is 5.92 Å². The van der Waals surface area contributed by atoms with Crippen LogP contribution in [0.5, 0.6) is 0 Å². The predicted molar refractivity (Wildman–Crippen MR) is 58.5 cm³/mol. The highest BCUT2D eigenvalue weighted by molar-refractivity contribution is 5.84. The zero-order chi connectivity index (χ0) is 11.8. The summed E-state index contributed by atoms with van der Waals surface area (Å²) in [5, 5.41) is 11.4. The number of carboxylic acid groups (broad SMARTS) is 1. The minimum atomic E-state index is -0.996. The molecule has 2 N–H and O–H groups in total. The summed E-state index contributed by atoms with van der Waals surface area (Å²) >= 11 is 0. The number of allylic oxidation sites excluding steroid dienone is 1. The van der Waals surface area contributed by atoms with Crippen molar-refractivity contribution >= 4 is 11.9 Å². The van der Waals surface area contributed by atoms with E-state index in [1.807, 2.05) is 13.8 Å². The molecule has 86 valence electrons. The predicted octanol–water partition coefficient (Wildman–Crippen LogP) is 1.57. The number of hydrogen-bond acceptors (Lipinski definition) is 2. The first-order valence-electron chi connectivity index (χ1n) is 5.17. The minimum absolute atomic E-state index is 0.141. The van der Waals surface area contributed by atoms with Crippen LogP contribution < -0.4 is 5.32 Å². The van der Waals surface area contributed by atoms with Gasteiger partial charge in [-0.2, -0.15) is 0 Å². The average Bonchev–Trinajstić information content (AvgIpc) is 2.22. The third kappa shape index (κ3) is 5.20. The SMILES string of the molecule is C/C=C/CC(NC(=O)C(C)CC)C(=O)O. The lowest BCUT2D eigenvalue weighted by Crippen LogP contribution is -2.42. The zero-order valence-corrected chi connectivity index (χ0v) is 9.49. The van der Waals surface area contributed by atoms with Crippen LogP contribution in [0, 0.1) is 5.92 Å². The molecule has 0 aromatic carbocycles. The van der Waals surface area contributed by atoms with E-state index < -0.39 is 12.0 Å². The Morgan fingerprint density at radius 3 is 2.47 bits per heavy atom. The molecule has 15 heavy (non-hydrogen) atoms. The lowest BCUT2D eigenvalue weighted by atomic mass is 10.1. The molecule has 0 fully saturated rings. The monoisotopic (exact) mass is 213 g/mol. The molecule has 0 rings (SSSR count). The molecule has 1 amide bonds. The number of carbonyl (C=O) groups excluding carboxylic acids is 1. The van der Waals surface area contributed by atoms with Gasteiger partial charge in [0.1, 0.15) is 6.04 Å². The van der Waals surface area contributed by atoms with Crippen molar-refractivity contribution in [2.24, 2.45) is 5.92 Å². The highest BCUT2D eigenvalue weighted by atomic mass is 16.4. The Labute approximate surface area is 90.4 Å². The van der Waals surface area contributed by atoms with Gasteiger partial charge in [-0.3, -0.25) is 4.79 Å².